The molecule has 168 valence electrons. The van der Waals surface area contributed by atoms with Gasteiger partial charge < -0.3 is 9.80 Å². The van der Waals surface area contributed by atoms with Gasteiger partial charge in [0.2, 0.25) is 0 Å². The van der Waals surface area contributed by atoms with Crippen molar-refractivity contribution in [1.82, 2.24) is 9.88 Å². The Kier molecular flexibility index (Phi) is 6.11. The second-order valence-corrected chi connectivity index (χ2v) is 9.93. The molecule has 3 aromatic rings. The molecule has 7 nitrogen and oxygen atoms in total. The van der Waals surface area contributed by atoms with Gasteiger partial charge in [-0.3, -0.25) is 9.52 Å². The SMILES string of the molecule is Cc1nc(NS(=O)(=O)c2ccc(F)cc2)sc1C(=O)N1CCN(c2ccc(F)cc2)CC1. The summed E-state index contributed by atoms with van der Waals surface area (Å²) < 4.78 is 53.6. The molecule has 0 atom stereocenters. The molecule has 4 rings (SSSR count). The van der Waals surface area contributed by atoms with Gasteiger partial charge >= 0.3 is 0 Å². The molecule has 1 aliphatic rings. The number of aromatic nitrogens is 1. The standard InChI is InChI=1S/C21H20F2N4O3S2/c1-14-19(31-21(24-14)25-32(29,30)18-8-4-16(23)5-9-18)20(28)27-12-10-26(11-13-27)17-6-2-15(22)3-7-17/h2-9H,10-13H2,1H3,(H,24,25). The Hall–Kier alpha value is -3.05. The third-order valence-electron chi connectivity index (χ3n) is 5.10. The number of nitrogens with zero attached hydrogens (tertiary/aromatic N) is 3. The molecule has 0 aliphatic carbocycles. The maximum absolute atomic E-state index is 13.1. The largest absolute Gasteiger partial charge is 0.368 e. The van der Waals surface area contributed by atoms with Crippen LogP contribution in [0.3, 0.4) is 0 Å². The Morgan fingerprint density at radius 3 is 2.12 bits per heavy atom. The quantitative estimate of drug-likeness (QED) is 0.607. The maximum Gasteiger partial charge on any atom is 0.266 e. The van der Waals surface area contributed by atoms with Gasteiger partial charge in [0.05, 0.1) is 10.6 Å². The van der Waals surface area contributed by atoms with Crippen LogP contribution in [0.25, 0.3) is 0 Å². The first-order valence-corrected chi connectivity index (χ1v) is 12.1. The van der Waals surface area contributed by atoms with Crippen LogP contribution >= 0.6 is 11.3 Å². The Balaban J connectivity index is 1.43. The van der Waals surface area contributed by atoms with Gasteiger partial charge in [0.1, 0.15) is 16.5 Å². The minimum absolute atomic E-state index is 0.0696. The fraction of sp³-hybridized carbons (Fsp3) is 0.238. The highest BCUT2D eigenvalue weighted by Crippen LogP contribution is 2.27. The average molecular weight is 479 g/mol. The van der Waals surface area contributed by atoms with Crippen molar-refractivity contribution in [1.29, 1.82) is 0 Å². The number of amides is 1. The van der Waals surface area contributed by atoms with E-state index in [2.05, 4.69) is 14.6 Å². The highest BCUT2D eigenvalue weighted by Gasteiger charge is 2.26. The lowest BCUT2D eigenvalue weighted by molar-refractivity contribution is 0.0750. The predicted molar refractivity (Wildman–Crippen MR) is 119 cm³/mol. The van der Waals surface area contributed by atoms with Gasteiger partial charge in [0, 0.05) is 31.9 Å². The van der Waals surface area contributed by atoms with Crippen molar-refractivity contribution in [2.75, 3.05) is 35.8 Å². The number of anilines is 2. The van der Waals surface area contributed by atoms with E-state index < -0.39 is 15.8 Å². The molecule has 2 heterocycles. The molecule has 1 aliphatic heterocycles. The molecule has 1 amide bonds. The molecule has 0 unspecified atom stereocenters. The van der Waals surface area contributed by atoms with Gasteiger partial charge in [-0.25, -0.2) is 22.2 Å². The highest BCUT2D eigenvalue weighted by molar-refractivity contribution is 7.93. The van der Waals surface area contributed by atoms with Crippen molar-refractivity contribution in [3.05, 3.63) is 70.7 Å². The molecule has 0 saturated carbocycles. The Morgan fingerprint density at radius 1 is 0.969 bits per heavy atom. The van der Waals surface area contributed by atoms with Crippen LogP contribution in [0.4, 0.5) is 19.6 Å². The summed E-state index contributed by atoms with van der Waals surface area (Å²) in [7, 11) is -3.95. The fourth-order valence-electron chi connectivity index (χ4n) is 3.39. The third-order valence-corrected chi connectivity index (χ3v) is 7.64. The smallest absolute Gasteiger partial charge is 0.266 e. The van der Waals surface area contributed by atoms with Crippen LogP contribution in [0, 0.1) is 18.6 Å². The van der Waals surface area contributed by atoms with Gasteiger partial charge in [-0.05, 0) is 55.5 Å². The van der Waals surface area contributed by atoms with E-state index in [1.54, 1.807) is 24.0 Å². The number of thiazole rings is 1. The highest BCUT2D eigenvalue weighted by atomic mass is 32.2. The first-order chi connectivity index (χ1) is 15.2. The maximum atomic E-state index is 13.1. The van der Waals surface area contributed by atoms with Crippen molar-refractivity contribution in [2.45, 2.75) is 11.8 Å². The van der Waals surface area contributed by atoms with Gasteiger partial charge in [-0.1, -0.05) is 11.3 Å². The van der Waals surface area contributed by atoms with E-state index in [0.717, 1.165) is 41.3 Å². The molecule has 1 aromatic heterocycles. The predicted octanol–water partition coefficient (Wildman–Crippen LogP) is 3.49. The minimum Gasteiger partial charge on any atom is -0.368 e. The number of hydrogen-bond acceptors (Lipinski definition) is 6. The zero-order chi connectivity index (χ0) is 22.9. The molecule has 1 fully saturated rings. The number of carbonyl (C=O) groups excluding carboxylic acids is 1. The number of sulfonamides is 1. The van der Waals surface area contributed by atoms with Crippen LogP contribution in [0.15, 0.2) is 53.4 Å². The van der Waals surface area contributed by atoms with E-state index in [1.807, 2.05) is 0 Å². The Labute approximate surface area is 188 Å². The number of carbonyl (C=O) groups is 1. The van der Waals surface area contributed by atoms with Gasteiger partial charge in [0.25, 0.3) is 15.9 Å². The number of aryl methyl sites for hydroxylation is 1. The van der Waals surface area contributed by atoms with Gasteiger partial charge in [0.15, 0.2) is 5.13 Å². The molecule has 0 bridgehead atoms. The van der Waals surface area contributed by atoms with E-state index in [-0.39, 0.29) is 21.8 Å². The first kappa shape index (κ1) is 22.2. The molecule has 11 heteroatoms. The summed E-state index contributed by atoms with van der Waals surface area (Å²) >= 11 is 0.963. The summed E-state index contributed by atoms with van der Waals surface area (Å²) in [4.78, 5) is 21.2. The molecule has 32 heavy (non-hydrogen) atoms. The van der Waals surface area contributed by atoms with E-state index in [0.29, 0.717) is 36.8 Å². The number of benzene rings is 2. The van der Waals surface area contributed by atoms with Crippen LogP contribution in [0.1, 0.15) is 15.4 Å². The summed E-state index contributed by atoms with van der Waals surface area (Å²) in [5, 5.41) is 0.0696. The fourth-order valence-corrected chi connectivity index (χ4v) is 5.56. The lowest BCUT2D eigenvalue weighted by Gasteiger charge is -2.36. The second-order valence-electron chi connectivity index (χ2n) is 7.25. The summed E-state index contributed by atoms with van der Waals surface area (Å²) in [6, 6.07) is 10.7. The monoisotopic (exact) mass is 478 g/mol. The molecule has 1 saturated heterocycles. The topological polar surface area (TPSA) is 82.6 Å². The number of halogens is 2. The summed E-state index contributed by atoms with van der Waals surface area (Å²) in [5.74, 6) is -1.05. The van der Waals surface area contributed by atoms with Crippen LogP contribution in [0.5, 0.6) is 0 Å². The molecule has 0 radical (unpaired) electrons. The van der Waals surface area contributed by atoms with Crippen LogP contribution in [-0.2, 0) is 10.0 Å². The number of nitrogens with one attached hydrogen (secondary N) is 1. The normalized spacial score (nSPS) is 14.5. The zero-order valence-corrected chi connectivity index (χ0v) is 18.7. The Bertz CT molecular complexity index is 1220. The van der Waals surface area contributed by atoms with Crippen LogP contribution in [-0.4, -0.2) is 50.4 Å². The van der Waals surface area contributed by atoms with Crippen molar-refractivity contribution >= 4 is 38.1 Å². The summed E-state index contributed by atoms with van der Waals surface area (Å²) in [5.41, 5.74) is 1.32. The van der Waals surface area contributed by atoms with Crippen LogP contribution < -0.4 is 9.62 Å². The van der Waals surface area contributed by atoms with E-state index in [9.17, 15) is 22.0 Å². The van der Waals surface area contributed by atoms with Crippen molar-refractivity contribution < 1.29 is 22.0 Å². The zero-order valence-electron chi connectivity index (χ0n) is 17.1. The van der Waals surface area contributed by atoms with Gasteiger partial charge in [-0.15, -0.1) is 0 Å². The number of rotatable bonds is 5. The summed E-state index contributed by atoms with van der Waals surface area (Å²) in [6.45, 7) is 3.79. The molecular weight excluding hydrogens is 458 g/mol. The van der Waals surface area contributed by atoms with E-state index >= 15 is 0 Å². The average Bonchev–Trinajstić information content (AvgIpc) is 3.13. The van der Waals surface area contributed by atoms with E-state index in [4.69, 9.17) is 0 Å². The van der Waals surface area contributed by atoms with Crippen molar-refractivity contribution in [3.8, 4) is 0 Å². The lowest BCUT2D eigenvalue weighted by Crippen LogP contribution is -2.48. The summed E-state index contributed by atoms with van der Waals surface area (Å²) in [6.07, 6.45) is 0. The second kappa shape index (κ2) is 8.83. The van der Waals surface area contributed by atoms with Crippen molar-refractivity contribution in [3.63, 3.8) is 0 Å². The molecule has 0 spiro atoms. The minimum atomic E-state index is -3.95. The van der Waals surface area contributed by atoms with Gasteiger partial charge in [-0.2, -0.15) is 0 Å². The van der Waals surface area contributed by atoms with Crippen LogP contribution in [0.2, 0.25) is 0 Å². The lowest BCUT2D eigenvalue weighted by atomic mass is 10.2. The van der Waals surface area contributed by atoms with E-state index in [1.165, 1.54) is 12.1 Å². The first-order valence-electron chi connectivity index (χ1n) is 9.78. The molecular formula is C21H20F2N4O3S2. The Morgan fingerprint density at radius 2 is 1.53 bits per heavy atom. The van der Waals surface area contributed by atoms with Crippen molar-refractivity contribution in [2.24, 2.45) is 0 Å². The number of hydrogen-bond donors (Lipinski definition) is 1. The molecule has 2 aromatic carbocycles. The number of piperazine rings is 1. The molecule has 1 N–H and O–H groups in total. The third kappa shape index (κ3) is 4.73.